The van der Waals surface area contributed by atoms with Crippen LogP contribution in [0.15, 0.2) is 0 Å². The highest BCUT2D eigenvalue weighted by Gasteiger charge is 2.29. The molecule has 0 aliphatic carbocycles. The summed E-state index contributed by atoms with van der Waals surface area (Å²) in [5, 5.41) is 16.7. The smallest absolute Gasteiger partial charge is 0.327 e. The number of aliphatic carboxylic acids is 1. The van der Waals surface area contributed by atoms with Crippen LogP contribution in [0.4, 0.5) is 0 Å². The molecule has 0 aromatic rings. The van der Waals surface area contributed by atoms with E-state index >= 15 is 0 Å². The van der Waals surface area contributed by atoms with Crippen LogP contribution in [0.1, 0.15) is 33.6 Å². The number of carboxylic acid groups (broad SMARTS) is 1. The maximum atomic E-state index is 12.7. The highest BCUT2D eigenvalue weighted by Crippen LogP contribution is 2.08. The number of carboxylic acids is 1. The SMILES string of the molecule is CSCCC(NC(=O)C(C)N)C(=O)NC(CC(C)C)C(=O)NC(CS)C(=O)O. The van der Waals surface area contributed by atoms with Crippen LogP contribution in [0.5, 0.6) is 0 Å². The van der Waals surface area contributed by atoms with Gasteiger partial charge in [-0.25, -0.2) is 4.79 Å². The van der Waals surface area contributed by atoms with E-state index in [2.05, 4.69) is 28.6 Å². The van der Waals surface area contributed by atoms with Crippen molar-refractivity contribution in [1.29, 1.82) is 0 Å². The van der Waals surface area contributed by atoms with Gasteiger partial charge in [-0.05, 0) is 37.7 Å². The molecule has 4 unspecified atom stereocenters. The first-order chi connectivity index (χ1) is 13.0. The lowest BCUT2D eigenvalue weighted by atomic mass is 10.0. The third kappa shape index (κ3) is 10.2. The largest absolute Gasteiger partial charge is 0.480 e. The fraction of sp³-hybridized carbons (Fsp3) is 0.765. The quantitative estimate of drug-likeness (QED) is 0.215. The van der Waals surface area contributed by atoms with Gasteiger partial charge in [0.25, 0.3) is 0 Å². The molecule has 0 rings (SSSR count). The Kier molecular flexibility index (Phi) is 13.0. The molecule has 28 heavy (non-hydrogen) atoms. The molecule has 4 atom stereocenters. The summed E-state index contributed by atoms with van der Waals surface area (Å²) in [7, 11) is 0. The normalized spacial score (nSPS) is 15.2. The topological polar surface area (TPSA) is 151 Å². The number of nitrogens with two attached hydrogens (primary N) is 1. The van der Waals surface area contributed by atoms with E-state index in [0.29, 0.717) is 18.6 Å². The number of hydrogen-bond acceptors (Lipinski definition) is 7. The van der Waals surface area contributed by atoms with Crippen molar-refractivity contribution in [3.05, 3.63) is 0 Å². The van der Waals surface area contributed by atoms with Crippen LogP contribution in [-0.4, -0.2) is 70.7 Å². The third-order valence-corrected chi connectivity index (χ3v) is 4.80. The fourth-order valence-electron chi connectivity index (χ4n) is 2.24. The van der Waals surface area contributed by atoms with Gasteiger partial charge in [-0.2, -0.15) is 24.4 Å². The Bertz CT molecular complexity index is 546. The van der Waals surface area contributed by atoms with E-state index in [1.807, 2.05) is 20.1 Å². The molecule has 6 N–H and O–H groups in total. The number of hydrogen-bond donors (Lipinski definition) is 6. The minimum absolute atomic E-state index is 0.0682. The number of amides is 3. The van der Waals surface area contributed by atoms with Crippen LogP contribution in [0.3, 0.4) is 0 Å². The Morgan fingerprint density at radius 3 is 1.89 bits per heavy atom. The number of carbonyl (C=O) groups excluding carboxylic acids is 3. The van der Waals surface area contributed by atoms with Crippen molar-refractivity contribution in [3.8, 4) is 0 Å². The van der Waals surface area contributed by atoms with E-state index < -0.39 is 47.9 Å². The summed E-state index contributed by atoms with van der Waals surface area (Å²) in [6.45, 7) is 5.27. The summed E-state index contributed by atoms with van der Waals surface area (Å²) in [6.07, 6.45) is 2.56. The lowest BCUT2D eigenvalue weighted by Crippen LogP contribution is -2.57. The molecule has 0 saturated carbocycles. The zero-order valence-corrected chi connectivity index (χ0v) is 18.4. The summed E-state index contributed by atoms with van der Waals surface area (Å²) in [5.41, 5.74) is 5.55. The zero-order chi connectivity index (χ0) is 21.9. The number of rotatable bonds is 13. The zero-order valence-electron chi connectivity index (χ0n) is 16.7. The van der Waals surface area contributed by atoms with Crippen molar-refractivity contribution in [2.24, 2.45) is 11.7 Å². The molecule has 9 nitrogen and oxygen atoms in total. The van der Waals surface area contributed by atoms with Gasteiger partial charge in [-0.3, -0.25) is 14.4 Å². The van der Waals surface area contributed by atoms with Gasteiger partial charge < -0.3 is 26.8 Å². The molecule has 0 spiro atoms. The molecule has 0 saturated heterocycles. The summed E-state index contributed by atoms with van der Waals surface area (Å²) < 4.78 is 0. The first kappa shape index (κ1) is 26.5. The van der Waals surface area contributed by atoms with Gasteiger partial charge in [-0.1, -0.05) is 13.8 Å². The minimum atomic E-state index is -1.21. The van der Waals surface area contributed by atoms with Crippen LogP contribution in [0, 0.1) is 5.92 Å². The molecule has 0 aliphatic heterocycles. The number of thiol groups is 1. The molecule has 0 aliphatic rings. The monoisotopic (exact) mass is 436 g/mol. The Balaban J connectivity index is 5.27. The molecule has 0 bridgehead atoms. The first-order valence-electron chi connectivity index (χ1n) is 9.02. The summed E-state index contributed by atoms with van der Waals surface area (Å²) in [4.78, 5) is 48.3. The van der Waals surface area contributed by atoms with E-state index in [9.17, 15) is 19.2 Å². The number of thioether (sulfide) groups is 1. The maximum absolute atomic E-state index is 12.7. The van der Waals surface area contributed by atoms with E-state index in [4.69, 9.17) is 10.8 Å². The molecule has 0 aromatic heterocycles. The molecule has 0 aromatic carbocycles. The Hall–Kier alpha value is -1.46. The van der Waals surface area contributed by atoms with E-state index in [-0.39, 0.29) is 11.7 Å². The average Bonchev–Trinajstić information content (AvgIpc) is 2.60. The van der Waals surface area contributed by atoms with Crippen LogP contribution < -0.4 is 21.7 Å². The second kappa shape index (κ2) is 13.7. The molecule has 0 fully saturated rings. The van der Waals surface area contributed by atoms with Crippen LogP contribution >= 0.6 is 24.4 Å². The van der Waals surface area contributed by atoms with Gasteiger partial charge in [0.1, 0.15) is 18.1 Å². The average molecular weight is 437 g/mol. The molecule has 11 heteroatoms. The molecule has 162 valence electrons. The van der Waals surface area contributed by atoms with Crippen molar-refractivity contribution in [2.75, 3.05) is 17.8 Å². The Labute approximate surface area is 175 Å². The molecular formula is C17H32N4O5S2. The van der Waals surface area contributed by atoms with Crippen molar-refractivity contribution in [2.45, 2.75) is 57.8 Å². The lowest BCUT2D eigenvalue weighted by molar-refractivity contribution is -0.141. The maximum Gasteiger partial charge on any atom is 0.327 e. The van der Waals surface area contributed by atoms with E-state index in [1.54, 1.807) is 0 Å². The van der Waals surface area contributed by atoms with Gasteiger partial charge >= 0.3 is 5.97 Å². The first-order valence-corrected chi connectivity index (χ1v) is 11.0. The second-order valence-corrected chi connectivity index (χ2v) is 8.25. The second-order valence-electron chi connectivity index (χ2n) is 6.90. The summed E-state index contributed by atoms with van der Waals surface area (Å²) in [5.74, 6) is -2.18. The fourth-order valence-corrected chi connectivity index (χ4v) is 2.96. The molecule has 0 radical (unpaired) electrons. The van der Waals surface area contributed by atoms with Gasteiger partial charge in [0.2, 0.25) is 17.7 Å². The van der Waals surface area contributed by atoms with Crippen LogP contribution in [0.25, 0.3) is 0 Å². The Morgan fingerprint density at radius 2 is 1.46 bits per heavy atom. The van der Waals surface area contributed by atoms with Crippen molar-refractivity contribution >= 4 is 48.1 Å². The van der Waals surface area contributed by atoms with Crippen molar-refractivity contribution < 1.29 is 24.3 Å². The molecular weight excluding hydrogens is 404 g/mol. The minimum Gasteiger partial charge on any atom is -0.480 e. The van der Waals surface area contributed by atoms with Crippen molar-refractivity contribution in [1.82, 2.24) is 16.0 Å². The van der Waals surface area contributed by atoms with Gasteiger partial charge in [0, 0.05) is 5.75 Å². The number of carbonyl (C=O) groups is 4. The van der Waals surface area contributed by atoms with E-state index in [1.165, 1.54) is 18.7 Å². The summed E-state index contributed by atoms with van der Waals surface area (Å²) in [6, 6.07) is -3.70. The summed E-state index contributed by atoms with van der Waals surface area (Å²) >= 11 is 5.44. The molecule has 3 amide bonds. The predicted molar refractivity (Wildman–Crippen MR) is 113 cm³/mol. The third-order valence-electron chi connectivity index (χ3n) is 3.79. The molecule has 0 heterocycles. The van der Waals surface area contributed by atoms with Crippen LogP contribution in [0.2, 0.25) is 0 Å². The van der Waals surface area contributed by atoms with Gasteiger partial charge in [0.15, 0.2) is 0 Å². The highest BCUT2D eigenvalue weighted by molar-refractivity contribution is 7.98. The standard InChI is InChI=1S/C17H32N4O5S2/c1-9(2)7-12(16(24)21-13(8-27)17(25)26)20-15(23)11(5-6-28-4)19-14(22)10(3)18/h9-13,27H,5-8,18H2,1-4H3,(H,19,22)(H,20,23)(H,21,24)(H,25,26). The van der Waals surface area contributed by atoms with Gasteiger partial charge in [0.05, 0.1) is 6.04 Å². The lowest BCUT2D eigenvalue weighted by Gasteiger charge is -2.25. The highest BCUT2D eigenvalue weighted by atomic mass is 32.2. The predicted octanol–water partition coefficient (Wildman–Crippen LogP) is -0.398. The van der Waals surface area contributed by atoms with Gasteiger partial charge in [-0.15, -0.1) is 0 Å². The Morgan fingerprint density at radius 1 is 0.964 bits per heavy atom. The van der Waals surface area contributed by atoms with E-state index in [0.717, 1.165) is 0 Å². The number of nitrogens with one attached hydrogen (secondary N) is 3. The van der Waals surface area contributed by atoms with Crippen LogP contribution in [-0.2, 0) is 19.2 Å². The van der Waals surface area contributed by atoms with Crippen molar-refractivity contribution in [3.63, 3.8) is 0 Å².